The average Bonchev–Trinajstić information content (AvgIpc) is 3.35. The molecule has 0 spiro atoms. The fourth-order valence-corrected chi connectivity index (χ4v) is 2.74. The van der Waals surface area contributed by atoms with Crippen molar-refractivity contribution in [2.24, 2.45) is 11.8 Å². The summed E-state index contributed by atoms with van der Waals surface area (Å²) in [4.78, 5) is 14.1. The maximum absolute atomic E-state index is 13.1. The van der Waals surface area contributed by atoms with Crippen molar-refractivity contribution in [1.29, 1.82) is 0 Å². The molecule has 2 fully saturated rings. The van der Waals surface area contributed by atoms with Gasteiger partial charge < -0.3 is 9.64 Å². The van der Waals surface area contributed by atoms with Gasteiger partial charge in [0.2, 0.25) is 5.91 Å². The van der Waals surface area contributed by atoms with Crippen molar-refractivity contribution in [3.8, 4) is 0 Å². The zero-order valence-electron chi connectivity index (χ0n) is 12.4. The summed E-state index contributed by atoms with van der Waals surface area (Å²) in [6, 6.07) is 6.54. The summed E-state index contributed by atoms with van der Waals surface area (Å²) < 4.78 is 18.6. The van der Waals surface area contributed by atoms with E-state index in [1.165, 1.54) is 25.0 Å². The highest BCUT2D eigenvalue weighted by Crippen LogP contribution is 2.44. The molecule has 4 heteroatoms. The zero-order valence-corrected chi connectivity index (χ0v) is 12.4. The largest absolute Gasteiger partial charge is 0.371 e. The quantitative estimate of drug-likeness (QED) is 0.772. The molecule has 114 valence electrons. The number of likely N-dealkylation sites (N-methyl/N-ethyl adjacent to an activating group) is 1. The molecule has 21 heavy (non-hydrogen) atoms. The summed E-state index contributed by atoms with van der Waals surface area (Å²) in [6.07, 6.45) is 4.71. The Kier molecular flexibility index (Phi) is 4.24. The highest BCUT2D eigenvalue weighted by Gasteiger charge is 2.36. The Hall–Kier alpha value is -1.42. The third-order valence-electron chi connectivity index (χ3n) is 4.37. The number of hydrogen-bond acceptors (Lipinski definition) is 2. The van der Waals surface area contributed by atoms with Gasteiger partial charge in [-0.2, -0.15) is 0 Å². The zero-order chi connectivity index (χ0) is 14.8. The van der Waals surface area contributed by atoms with Crippen molar-refractivity contribution in [2.45, 2.75) is 31.7 Å². The van der Waals surface area contributed by atoms with Crippen LogP contribution in [0.1, 0.15) is 37.3 Å². The van der Waals surface area contributed by atoms with Crippen LogP contribution in [0.2, 0.25) is 0 Å². The van der Waals surface area contributed by atoms with Crippen molar-refractivity contribution < 1.29 is 13.9 Å². The SMILES string of the molecule is CN(C(=O)COCC1CC1)[C@H](c1ccc(F)cc1)C1CC1. The van der Waals surface area contributed by atoms with Crippen LogP contribution < -0.4 is 0 Å². The van der Waals surface area contributed by atoms with E-state index in [1.807, 2.05) is 7.05 Å². The molecule has 1 atom stereocenters. The first kappa shape index (κ1) is 14.5. The number of benzene rings is 1. The van der Waals surface area contributed by atoms with Crippen LogP contribution in [-0.4, -0.2) is 31.1 Å². The molecule has 0 saturated heterocycles. The Morgan fingerprint density at radius 3 is 2.52 bits per heavy atom. The number of carbonyl (C=O) groups is 1. The fourth-order valence-electron chi connectivity index (χ4n) is 2.74. The van der Waals surface area contributed by atoms with E-state index >= 15 is 0 Å². The first-order chi connectivity index (χ1) is 10.1. The number of carbonyl (C=O) groups excluding carboxylic acids is 1. The first-order valence-corrected chi connectivity index (χ1v) is 7.74. The average molecular weight is 291 g/mol. The number of amides is 1. The Labute approximate surface area is 125 Å². The minimum atomic E-state index is -0.241. The van der Waals surface area contributed by atoms with Crippen molar-refractivity contribution in [3.63, 3.8) is 0 Å². The van der Waals surface area contributed by atoms with Gasteiger partial charge in [-0.05, 0) is 55.2 Å². The second kappa shape index (κ2) is 6.14. The monoisotopic (exact) mass is 291 g/mol. The molecule has 0 radical (unpaired) electrons. The Morgan fingerprint density at radius 1 is 1.29 bits per heavy atom. The second-order valence-corrected chi connectivity index (χ2v) is 6.30. The van der Waals surface area contributed by atoms with Crippen LogP contribution in [0.4, 0.5) is 4.39 Å². The highest BCUT2D eigenvalue weighted by atomic mass is 19.1. The van der Waals surface area contributed by atoms with Crippen molar-refractivity contribution in [3.05, 3.63) is 35.6 Å². The summed E-state index contributed by atoms with van der Waals surface area (Å²) in [7, 11) is 1.83. The van der Waals surface area contributed by atoms with Crippen LogP contribution in [-0.2, 0) is 9.53 Å². The maximum atomic E-state index is 13.1. The number of hydrogen-bond donors (Lipinski definition) is 0. The van der Waals surface area contributed by atoms with Gasteiger partial charge in [0.15, 0.2) is 0 Å². The predicted octanol–water partition coefficient (Wildman–Crippen LogP) is 3.16. The van der Waals surface area contributed by atoms with Gasteiger partial charge in [-0.15, -0.1) is 0 Å². The molecule has 1 amide bonds. The predicted molar refractivity (Wildman–Crippen MR) is 78.2 cm³/mol. The van der Waals surface area contributed by atoms with Crippen LogP contribution >= 0.6 is 0 Å². The standard InChI is InChI=1S/C17H22FNO2/c1-19(16(20)11-21-10-12-2-3-12)17(13-4-5-13)14-6-8-15(18)9-7-14/h6-9,12-13,17H,2-5,10-11H2,1H3/t17-/m0/s1. The molecule has 1 aromatic carbocycles. The van der Waals surface area contributed by atoms with Gasteiger partial charge in [-0.1, -0.05) is 12.1 Å². The maximum Gasteiger partial charge on any atom is 0.248 e. The lowest BCUT2D eigenvalue weighted by Crippen LogP contribution is -2.35. The molecule has 2 aliphatic carbocycles. The van der Waals surface area contributed by atoms with E-state index in [-0.39, 0.29) is 24.4 Å². The minimum Gasteiger partial charge on any atom is -0.371 e. The highest BCUT2D eigenvalue weighted by molar-refractivity contribution is 5.77. The summed E-state index contributed by atoms with van der Waals surface area (Å²) in [6.45, 7) is 0.849. The fraction of sp³-hybridized carbons (Fsp3) is 0.588. The number of rotatable bonds is 7. The van der Waals surface area contributed by atoms with Gasteiger partial charge in [0.25, 0.3) is 0 Å². The van der Waals surface area contributed by atoms with Crippen molar-refractivity contribution in [2.75, 3.05) is 20.3 Å². The van der Waals surface area contributed by atoms with Crippen molar-refractivity contribution in [1.82, 2.24) is 4.90 Å². The van der Waals surface area contributed by atoms with Gasteiger partial charge >= 0.3 is 0 Å². The topological polar surface area (TPSA) is 29.5 Å². The van der Waals surface area contributed by atoms with E-state index in [0.29, 0.717) is 18.4 Å². The molecule has 0 aromatic heterocycles. The number of nitrogens with zero attached hydrogens (tertiary/aromatic N) is 1. The molecule has 0 aliphatic heterocycles. The molecule has 0 N–H and O–H groups in total. The van der Waals surface area contributed by atoms with Crippen LogP contribution in [0.5, 0.6) is 0 Å². The third kappa shape index (κ3) is 3.82. The van der Waals surface area contributed by atoms with Crippen LogP contribution in [0.25, 0.3) is 0 Å². The van der Waals surface area contributed by atoms with E-state index in [0.717, 1.165) is 18.4 Å². The lowest BCUT2D eigenvalue weighted by atomic mass is 10.0. The van der Waals surface area contributed by atoms with Crippen LogP contribution in [0, 0.1) is 17.7 Å². The molecule has 0 unspecified atom stereocenters. The Bertz CT molecular complexity index is 494. The number of halogens is 1. The van der Waals surface area contributed by atoms with Crippen LogP contribution in [0.15, 0.2) is 24.3 Å². The Morgan fingerprint density at radius 2 is 1.95 bits per heavy atom. The summed E-state index contributed by atoms with van der Waals surface area (Å²) in [5.41, 5.74) is 1.01. The normalized spacial score (nSPS) is 19.3. The van der Waals surface area contributed by atoms with Gasteiger partial charge in [-0.25, -0.2) is 4.39 Å². The van der Waals surface area contributed by atoms with Crippen LogP contribution in [0.3, 0.4) is 0 Å². The molecule has 0 heterocycles. The molecule has 3 nitrogen and oxygen atoms in total. The smallest absolute Gasteiger partial charge is 0.248 e. The summed E-state index contributed by atoms with van der Waals surface area (Å²) >= 11 is 0. The van der Waals surface area contributed by atoms with E-state index in [4.69, 9.17) is 4.74 Å². The lowest BCUT2D eigenvalue weighted by Gasteiger charge is -2.29. The molecular weight excluding hydrogens is 269 g/mol. The van der Waals surface area contributed by atoms with E-state index in [2.05, 4.69) is 0 Å². The third-order valence-corrected chi connectivity index (χ3v) is 4.37. The van der Waals surface area contributed by atoms with Gasteiger partial charge in [0.05, 0.1) is 12.6 Å². The number of ether oxygens (including phenoxy) is 1. The first-order valence-electron chi connectivity index (χ1n) is 7.74. The minimum absolute atomic E-state index is 0.0110. The van der Waals surface area contributed by atoms with Crippen molar-refractivity contribution >= 4 is 5.91 Å². The van der Waals surface area contributed by atoms with Gasteiger partial charge in [-0.3, -0.25) is 4.79 Å². The molecule has 3 rings (SSSR count). The summed E-state index contributed by atoms with van der Waals surface area (Å²) in [5.74, 6) is 0.930. The lowest BCUT2D eigenvalue weighted by molar-refractivity contribution is -0.137. The second-order valence-electron chi connectivity index (χ2n) is 6.30. The molecule has 1 aromatic rings. The summed E-state index contributed by atoms with van der Waals surface area (Å²) in [5, 5.41) is 0. The van der Waals surface area contributed by atoms with E-state index in [1.54, 1.807) is 17.0 Å². The van der Waals surface area contributed by atoms with Gasteiger partial charge in [0.1, 0.15) is 12.4 Å². The molecular formula is C17H22FNO2. The molecule has 2 saturated carbocycles. The molecule has 2 aliphatic rings. The Balaban J connectivity index is 1.61. The van der Waals surface area contributed by atoms with Gasteiger partial charge in [0, 0.05) is 7.05 Å². The molecule has 0 bridgehead atoms. The van der Waals surface area contributed by atoms with E-state index in [9.17, 15) is 9.18 Å². The van der Waals surface area contributed by atoms with E-state index < -0.39 is 0 Å².